The summed E-state index contributed by atoms with van der Waals surface area (Å²) in [7, 11) is 1.91. The Labute approximate surface area is 121 Å². The van der Waals surface area contributed by atoms with Gasteiger partial charge in [0.25, 0.3) is 0 Å². The van der Waals surface area contributed by atoms with E-state index in [0.29, 0.717) is 36.4 Å². The highest BCUT2D eigenvalue weighted by Crippen LogP contribution is 2.10. The summed E-state index contributed by atoms with van der Waals surface area (Å²) >= 11 is 1.40. The first-order chi connectivity index (χ1) is 9.67. The van der Waals surface area contributed by atoms with Crippen molar-refractivity contribution in [2.24, 2.45) is 0 Å². The third-order valence-corrected chi connectivity index (χ3v) is 3.30. The second-order valence-corrected chi connectivity index (χ2v) is 5.21. The second kappa shape index (κ2) is 7.11. The quantitative estimate of drug-likeness (QED) is 0.834. The summed E-state index contributed by atoms with van der Waals surface area (Å²) in [6.07, 6.45) is 2.78. The van der Waals surface area contributed by atoms with Crippen molar-refractivity contribution in [1.82, 2.24) is 20.1 Å². The predicted octanol–water partition coefficient (Wildman–Crippen LogP) is 1.55. The van der Waals surface area contributed by atoms with Crippen molar-refractivity contribution in [2.45, 2.75) is 26.3 Å². The zero-order valence-electron chi connectivity index (χ0n) is 11.5. The van der Waals surface area contributed by atoms with E-state index in [0.717, 1.165) is 6.42 Å². The lowest BCUT2D eigenvalue weighted by Gasteiger charge is -2.13. The average Bonchev–Trinajstić information content (AvgIpc) is 3.08. The van der Waals surface area contributed by atoms with Gasteiger partial charge in [0, 0.05) is 31.0 Å². The minimum Gasteiger partial charge on any atom is -0.424 e. The Morgan fingerprint density at radius 3 is 2.90 bits per heavy atom. The lowest BCUT2D eigenvalue weighted by Crippen LogP contribution is -2.24. The van der Waals surface area contributed by atoms with Gasteiger partial charge >= 0.3 is 0 Å². The Bertz CT molecular complexity index is 540. The van der Waals surface area contributed by atoms with E-state index in [2.05, 4.69) is 20.5 Å². The normalized spacial score (nSPS) is 10.9. The highest BCUT2D eigenvalue weighted by molar-refractivity contribution is 7.13. The first-order valence-electron chi connectivity index (χ1n) is 6.36. The topological polar surface area (TPSA) is 84.2 Å². The average molecular weight is 295 g/mol. The van der Waals surface area contributed by atoms with Crippen LogP contribution in [0.4, 0.5) is 5.13 Å². The molecule has 7 nitrogen and oxygen atoms in total. The van der Waals surface area contributed by atoms with Gasteiger partial charge in [-0.15, -0.1) is 21.5 Å². The SMILES string of the molecule is CCc1nnc(CN(C)CCC(=O)Nc2nccs2)o1. The zero-order chi connectivity index (χ0) is 14.4. The molecule has 0 spiro atoms. The minimum atomic E-state index is -0.0495. The third kappa shape index (κ3) is 4.39. The number of aryl methyl sites for hydroxylation is 1. The van der Waals surface area contributed by atoms with Gasteiger partial charge in [0.2, 0.25) is 17.7 Å². The lowest BCUT2D eigenvalue weighted by molar-refractivity contribution is -0.116. The summed E-state index contributed by atoms with van der Waals surface area (Å²) in [6, 6.07) is 0. The van der Waals surface area contributed by atoms with E-state index < -0.39 is 0 Å². The molecule has 2 rings (SSSR count). The van der Waals surface area contributed by atoms with Crippen LogP contribution in [0.15, 0.2) is 16.0 Å². The van der Waals surface area contributed by atoms with Gasteiger partial charge in [-0.25, -0.2) is 4.98 Å². The first-order valence-corrected chi connectivity index (χ1v) is 7.24. The van der Waals surface area contributed by atoms with Crippen LogP contribution in [0.25, 0.3) is 0 Å². The summed E-state index contributed by atoms with van der Waals surface area (Å²) in [4.78, 5) is 17.7. The van der Waals surface area contributed by atoms with Gasteiger partial charge in [0.15, 0.2) is 5.13 Å². The molecular weight excluding hydrogens is 278 g/mol. The van der Waals surface area contributed by atoms with Crippen molar-refractivity contribution in [3.8, 4) is 0 Å². The van der Waals surface area contributed by atoms with E-state index in [1.807, 2.05) is 24.3 Å². The number of carbonyl (C=O) groups excluding carboxylic acids is 1. The van der Waals surface area contributed by atoms with Crippen LogP contribution in [-0.2, 0) is 17.8 Å². The molecule has 0 fully saturated rings. The Morgan fingerprint density at radius 1 is 1.45 bits per heavy atom. The molecule has 0 bridgehead atoms. The van der Waals surface area contributed by atoms with Crippen LogP contribution < -0.4 is 5.32 Å². The molecule has 0 saturated heterocycles. The van der Waals surface area contributed by atoms with Crippen LogP contribution in [0.1, 0.15) is 25.1 Å². The fourth-order valence-corrected chi connectivity index (χ4v) is 2.11. The summed E-state index contributed by atoms with van der Waals surface area (Å²) in [6.45, 7) is 3.11. The van der Waals surface area contributed by atoms with Gasteiger partial charge in [-0.2, -0.15) is 0 Å². The first kappa shape index (κ1) is 14.6. The Hall–Kier alpha value is -1.80. The molecule has 0 unspecified atom stereocenters. The maximum absolute atomic E-state index is 11.7. The van der Waals surface area contributed by atoms with Crippen molar-refractivity contribution in [2.75, 3.05) is 18.9 Å². The monoisotopic (exact) mass is 295 g/mol. The zero-order valence-corrected chi connectivity index (χ0v) is 12.3. The smallest absolute Gasteiger partial charge is 0.230 e. The van der Waals surface area contributed by atoms with Gasteiger partial charge in [0.05, 0.1) is 6.54 Å². The van der Waals surface area contributed by atoms with Crippen LogP contribution in [0.2, 0.25) is 0 Å². The number of nitrogens with zero attached hydrogens (tertiary/aromatic N) is 4. The fourth-order valence-electron chi connectivity index (χ4n) is 1.56. The van der Waals surface area contributed by atoms with E-state index in [4.69, 9.17) is 4.42 Å². The van der Waals surface area contributed by atoms with Crippen molar-refractivity contribution in [3.05, 3.63) is 23.4 Å². The van der Waals surface area contributed by atoms with Crippen molar-refractivity contribution >= 4 is 22.4 Å². The Balaban J connectivity index is 1.71. The van der Waals surface area contributed by atoms with Gasteiger partial charge in [-0.05, 0) is 7.05 Å². The fraction of sp³-hybridized carbons (Fsp3) is 0.500. The van der Waals surface area contributed by atoms with Crippen LogP contribution in [0, 0.1) is 0 Å². The molecule has 0 radical (unpaired) electrons. The molecular formula is C12H17N5O2S. The van der Waals surface area contributed by atoms with E-state index in [9.17, 15) is 4.79 Å². The molecule has 0 aromatic carbocycles. The minimum absolute atomic E-state index is 0.0495. The van der Waals surface area contributed by atoms with E-state index in [1.54, 1.807) is 6.20 Å². The van der Waals surface area contributed by atoms with Gasteiger partial charge in [-0.3, -0.25) is 9.69 Å². The van der Waals surface area contributed by atoms with E-state index >= 15 is 0 Å². The molecule has 0 aliphatic rings. The van der Waals surface area contributed by atoms with Crippen LogP contribution >= 0.6 is 11.3 Å². The summed E-state index contributed by atoms with van der Waals surface area (Å²) in [5, 5.41) is 13.0. The maximum Gasteiger partial charge on any atom is 0.230 e. The molecule has 1 amide bonds. The standard InChI is InChI=1S/C12H17N5O2S/c1-3-10-15-16-11(19-10)8-17(2)6-4-9(18)14-12-13-5-7-20-12/h5,7H,3-4,6,8H2,1-2H3,(H,13,14,18). The van der Waals surface area contributed by atoms with E-state index in [-0.39, 0.29) is 5.91 Å². The van der Waals surface area contributed by atoms with Gasteiger partial charge < -0.3 is 9.73 Å². The largest absolute Gasteiger partial charge is 0.424 e. The molecule has 108 valence electrons. The van der Waals surface area contributed by atoms with Gasteiger partial charge in [-0.1, -0.05) is 6.92 Å². The molecule has 8 heteroatoms. The van der Waals surface area contributed by atoms with Crippen molar-refractivity contribution in [3.63, 3.8) is 0 Å². The highest BCUT2D eigenvalue weighted by atomic mass is 32.1. The predicted molar refractivity (Wildman–Crippen MR) is 75.4 cm³/mol. The molecule has 0 saturated carbocycles. The molecule has 20 heavy (non-hydrogen) atoms. The van der Waals surface area contributed by atoms with E-state index in [1.165, 1.54) is 11.3 Å². The summed E-state index contributed by atoms with van der Waals surface area (Å²) in [5.74, 6) is 1.16. The number of thiazole rings is 1. The van der Waals surface area contributed by atoms with Crippen LogP contribution in [0.5, 0.6) is 0 Å². The number of aromatic nitrogens is 3. The maximum atomic E-state index is 11.7. The molecule has 2 aromatic heterocycles. The number of rotatable bonds is 7. The number of hydrogen-bond acceptors (Lipinski definition) is 7. The summed E-state index contributed by atoms with van der Waals surface area (Å²) in [5.41, 5.74) is 0. The Kier molecular flexibility index (Phi) is 5.19. The van der Waals surface area contributed by atoms with Crippen molar-refractivity contribution < 1.29 is 9.21 Å². The number of amides is 1. The number of anilines is 1. The Morgan fingerprint density at radius 2 is 2.25 bits per heavy atom. The van der Waals surface area contributed by atoms with Gasteiger partial charge in [0.1, 0.15) is 0 Å². The number of nitrogens with one attached hydrogen (secondary N) is 1. The number of hydrogen-bond donors (Lipinski definition) is 1. The number of carbonyl (C=O) groups is 1. The molecule has 0 aliphatic heterocycles. The molecule has 2 aromatic rings. The lowest BCUT2D eigenvalue weighted by atomic mass is 10.3. The molecule has 2 heterocycles. The van der Waals surface area contributed by atoms with Crippen molar-refractivity contribution in [1.29, 1.82) is 0 Å². The highest BCUT2D eigenvalue weighted by Gasteiger charge is 2.10. The molecule has 1 N–H and O–H groups in total. The second-order valence-electron chi connectivity index (χ2n) is 4.32. The summed E-state index contributed by atoms with van der Waals surface area (Å²) < 4.78 is 5.42. The van der Waals surface area contributed by atoms with Crippen LogP contribution in [0.3, 0.4) is 0 Å². The molecule has 0 atom stereocenters. The van der Waals surface area contributed by atoms with Crippen LogP contribution in [-0.4, -0.2) is 39.6 Å². The molecule has 0 aliphatic carbocycles. The third-order valence-electron chi connectivity index (χ3n) is 2.62.